The van der Waals surface area contributed by atoms with E-state index in [4.69, 9.17) is 28.9 Å². The molecule has 0 unspecified atom stereocenters. The van der Waals surface area contributed by atoms with Crippen LogP contribution in [0.2, 0.25) is 10.0 Å². The lowest BCUT2D eigenvalue weighted by molar-refractivity contribution is 0.0951. The lowest BCUT2D eigenvalue weighted by Crippen LogP contribution is -2.22. The fourth-order valence-electron chi connectivity index (χ4n) is 1.77. The number of anilines is 1. The van der Waals surface area contributed by atoms with E-state index >= 15 is 0 Å². The predicted octanol–water partition coefficient (Wildman–Crippen LogP) is 4.18. The first-order valence-electron chi connectivity index (χ1n) is 5.97. The monoisotopic (exact) mass is 328 g/mol. The van der Waals surface area contributed by atoms with Crippen LogP contribution in [0.5, 0.6) is 0 Å². The van der Waals surface area contributed by atoms with Crippen LogP contribution in [-0.2, 0) is 6.54 Å². The van der Waals surface area contributed by atoms with E-state index in [0.717, 1.165) is 4.88 Å². The van der Waals surface area contributed by atoms with Gasteiger partial charge in [-0.2, -0.15) is 0 Å². The predicted molar refractivity (Wildman–Crippen MR) is 85.8 cm³/mol. The van der Waals surface area contributed by atoms with E-state index in [0.29, 0.717) is 17.8 Å². The molecule has 0 aliphatic carbocycles. The highest BCUT2D eigenvalue weighted by Gasteiger charge is 2.14. The van der Waals surface area contributed by atoms with Gasteiger partial charge in [-0.3, -0.25) is 4.79 Å². The number of hydrogen-bond donors (Lipinski definition) is 2. The van der Waals surface area contributed by atoms with E-state index in [-0.39, 0.29) is 16.0 Å². The van der Waals surface area contributed by atoms with Crippen LogP contribution in [0, 0.1) is 13.8 Å². The Morgan fingerprint density at radius 3 is 2.60 bits per heavy atom. The average Bonchev–Trinajstić information content (AvgIpc) is 2.70. The summed E-state index contributed by atoms with van der Waals surface area (Å²) >= 11 is 13.6. The molecule has 0 saturated heterocycles. The van der Waals surface area contributed by atoms with E-state index in [2.05, 4.69) is 18.3 Å². The number of carbonyl (C=O) groups is 1. The molecule has 20 heavy (non-hydrogen) atoms. The Labute approximate surface area is 131 Å². The molecule has 2 aromatic rings. The first-order valence-corrected chi connectivity index (χ1v) is 7.54. The van der Waals surface area contributed by atoms with Crippen molar-refractivity contribution in [2.24, 2.45) is 0 Å². The molecule has 1 aromatic heterocycles. The molecule has 0 atom stereocenters. The summed E-state index contributed by atoms with van der Waals surface area (Å²) in [5, 5.41) is 3.32. The third-order valence-corrected chi connectivity index (χ3v) is 4.89. The van der Waals surface area contributed by atoms with E-state index in [1.807, 2.05) is 6.92 Å². The van der Waals surface area contributed by atoms with Gasteiger partial charge < -0.3 is 11.1 Å². The summed E-state index contributed by atoms with van der Waals surface area (Å²) in [6.07, 6.45) is 0. The number of thiophene rings is 1. The second kappa shape index (κ2) is 6.04. The maximum atomic E-state index is 12.1. The van der Waals surface area contributed by atoms with Crippen molar-refractivity contribution >= 4 is 46.1 Å². The van der Waals surface area contributed by atoms with Crippen LogP contribution < -0.4 is 11.1 Å². The number of aryl methyl sites for hydroxylation is 2. The molecule has 3 N–H and O–H groups in total. The molecule has 0 aliphatic heterocycles. The summed E-state index contributed by atoms with van der Waals surface area (Å²) in [4.78, 5) is 14.5. The average molecular weight is 329 g/mol. The van der Waals surface area contributed by atoms with Gasteiger partial charge in [-0.15, -0.1) is 11.3 Å². The van der Waals surface area contributed by atoms with Crippen LogP contribution in [0.1, 0.15) is 25.7 Å². The quantitative estimate of drug-likeness (QED) is 0.830. The Hall–Kier alpha value is -1.23. The van der Waals surface area contributed by atoms with Crippen LogP contribution in [0.15, 0.2) is 18.2 Å². The maximum Gasteiger partial charge on any atom is 0.253 e. The molecule has 1 amide bonds. The molecule has 0 fully saturated rings. The number of hydrogen-bond acceptors (Lipinski definition) is 3. The van der Waals surface area contributed by atoms with Crippen LogP contribution in [0.3, 0.4) is 0 Å². The Bertz CT molecular complexity index is 648. The third kappa shape index (κ3) is 3.26. The number of nitrogen functional groups attached to an aromatic ring is 1. The van der Waals surface area contributed by atoms with Gasteiger partial charge in [-0.25, -0.2) is 0 Å². The fraction of sp³-hybridized carbons (Fsp3) is 0.214. The number of rotatable bonds is 3. The molecule has 0 bridgehead atoms. The van der Waals surface area contributed by atoms with Crippen LogP contribution in [-0.4, -0.2) is 5.91 Å². The minimum Gasteiger partial charge on any atom is -0.399 e. The largest absolute Gasteiger partial charge is 0.399 e. The molecule has 1 aromatic carbocycles. The number of benzene rings is 1. The second-order valence-electron chi connectivity index (χ2n) is 4.50. The van der Waals surface area contributed by atoms with Crippen LogP contribution in [0.25, 0.3) is 0 Å². The van der Waals surface area contributed by atoms with Gasteiger partial charge in [0.05, 0.1) is 22.2 Å². The summed E-state index contributed by atoms with van der Waals surface area (Å²) in [5.74, 6) is -0.284. The van der Waals surface area contributed by atoms with E-state index in [9.17, 15) is 4.79 Å². The number of amides is 1. The number of nitrogens with two attached hydrogens (primary N) is 1. The molecule has 0 saturated carbocycles. The van der Waals surface area contributed by atoms with Gasteiger partial charge >= 0.3 is 0 Å². The van der Waals surface area contributed by atoms with E-state index in [1.165, 1.54) is 22.6 Å². The molecule has 0 radical (unpaired) electrons. The van der Waals surface area contributed by atoms with Crippen molar-refractivity contribution in [1.82, 2.24) is 5.32 Å². The van der Waals surface area contributed by atoms with Gasteiger partial charge in [0.15, 0.2) is 0 Å². The third-order valence-electron chi connectivity index (χ3n) is 2.94. The van der Waals surface area contributed by atoms with Crippen LogP contribution >= 0.6 is 34.5 Å². The highest BCUT2D eigenvalue weighted by Crippen LogP contribution is 2.29. The summed E-state index contributed by atoms with van der Waals surface area (Å²) < 4.78 is 0. The Balaban J connectivity index is 2.13. The lowest BCUT2D eigenvalue weighted by Gasteiger charge is -2.08. The lowest BCUT2D eigenvalue weighted by atomic mass is 10.2. The molecule has 106 valence electrons. The van der Waals surface area contributed by atoms with Gasteiger partial charge in [0.2, 0.25) is 0 Å². The fourth-order valence-corrected chi connectivity index (χ4v) is 3.19. The van der Waals surface area contributed by atoms with Crippen molar-refractivity contribution in [1.29, 1.82) is 0 Å². The maximum absolute atomic E-state index is 12.1. The van der Waals surface area contributed by atoms with Gasteiger partial charge in [0, 0.05) is 15.4 Å². The minimum atomic E-state index is -0.284. The zero-order valence-corrected chi connectivity index (χ0v) is 13.4. The van der Waals surface area contributed by atoms with Gasteiger partial charge in [-0.05, 0) is 37.6 Å². The summed E-state index contributed by atoms with van der Waals surface area (Å²) in [7, 11) is 0. The molecule has 0 spiro atoms. The molecular formula is C14H14Cl2N2OS. The molecule has 2 rings (SSSR count). The number of halogens is 2. The van der Waals surface area contributed by atoms with Crippen molar-refractivity contribution in [2.45, 2.75) is 20.4 Å². The molecule has 3 nitrogen and oxygen atoms in total. The first kappa shape index (κ1) is 15.2. The summed E-state index contributed by atoms with van der Waals surface area (Å²) in [5.41, 5.74) is 7.60. The van der Waals surface area contributed by atoms with Gasteiger partial charge in [-0.1, -0.05) is 23.2 Å². The summed E-state index contributed by atoms with van der Waals surface area (Å²) in [6.45, 7) is 4.56. The van der Waals surface area contributed by atoms with Crippen molar-refractivity contribution < 1.29 is 4.79 Å². The van der Waals surface area contributed by atoms with Gasteiger partial charge in [0.25, 0.3) is 5.91 Å². The molecule has 0 aliphatic rings. The Morgan fingerprint density at radius 2 is 2.00 bits per heavy atom. The van der Waals surface area contributed by atoms with Crippen molar-refractivity contribution in [3.63, 3.8) is 0 Å². The Morgan fingerprint density at radius 1 is 1.30 bits per heavy atom. The second-order valence-corrected chi connectivity index (χ2v) is 6.62. The van der Waals surface area contributed by atoms with E-state index in [1.54, 1.807) is 11.3 Å². The van der Waals surface area contributed by atoms with Crippen molar-refractivity contribution in [2.75, 3.05) is 5.73 Å². The van der Waals surface area contributed by atoms with Crippen LogP contribution in [0.4, 0.5) is 5.69 Å². The molecule has 1 heterocycles. The molecular weight excluding hydrogens is 315 g/mol. The number of carbonyl (C=O) groups excluding carboxylic acids is 1. The standard InChI is InChI=1S/C14H14Cl2N2OS/c1-7-3-10(20-8(7)2)6-18-14(19)11-4-9(17)5-12(15)13(11)16/h3-5H,6,17H2,1-2H3,(H,18,19). The highest BCUT2D eigenvalue weighted by atomic mass is 35.5. The van der Waals surface area contributed by atoms with Gasteiger partial charge in [0.1, 0.15) is 0 Å². The Kier molecular flexibility index (Phi) is 4.58. The topological polar surface area (TPSA) is 55.1 Å². The van der Waals surface area contributed by atoms with Crippen molar-refractivity contribution in [3.05, 3.63) is 49.1 Å². The molecule has 6 heteroatoms. The van der Waals surface area contributed by atoms with Crippen molar-refractivity contribution in [3.8, 4) is 0 Å². The number of nitrogens with one attached hydrogen (secondary N) is 1. The zero-order valence-electron chi connectivity index (χ0n) is 11.1. The summed E-state index contributed by atoms with van der Waals surface area (Å²) in [6, 6.07) is 5.11. The normalized spacial score (nSPS) is 10.6. The SMILES string of the molecule is Cc1cc(CNC(=O)c2cc(N)cc(Cl)c2Cl)sc1C. The zero-order chi connectivity index (χ0) is 14.9. The first-order chi connectivity index (χ1) is 9.38. The highest BCUT2D eigenvalue weighted by molar-refractivity contribution is 7.12. The minimum absolute atomic E-state index is 0.219. The smallest absolute Gasteiger partial charge is 0.253 e. The van der Waals surface area contributed by atoms with E-state index < -0.39 is 0 Å².